The molecule has 4 fully saturated rings. The molecule has 8 unspecified atom stereocenters. The van der Waals surface area contributed by atoms with Crippen molar-refractivity contribution in [3.8, 4) is 0 Å². The summed E-state index contributed by atoms with van der Waals surface area (Å²) in [7, 11) is 0. The number of rotatable bonds is 5. The van der Waals surface area contributed by atoms with Gasteiger partial charge < -0.3 is 9.84 Å². The number of allylic oxidation sites excluding steroid dienone is 2. The maximum Gasteiger partial charge on any atom is 0.302 e. The fourth-order valence-corrected chi connectivity index (χ4v) is 9.29. The highest BCUT2D eigenvalue weighted by Gasteiger charge is 2.63. The molecule has 188 valence electrons. The Morgan fingerprint density at radius 2 is 1.73 bits per heavy atom. The van der Waals surface area contributed by atoms with Gasteiger partial charge in [-0.05, 0) is 110 Å². The lowest BCUT2D eigenvalue weighted by Gasteiger charge is -2.62. The van der Waals surface area contributed by atoms with Crippen LogP contribution in [0.4, 0.5) is 0 Å². The summed E-state index contributed by atoms with van der Waals surface area (Å²) in [5.74, 6) is 4.81. The minimum absolute atomic E-state index is 0.0832. The average molecular weight is 459 g/mol. The predicted molar refractivity (Wildman–Crippen MR) is 134 cm³/mol. The van der Waals surface area contributed by atoms with Crippen LogP contribution in [0, 0.1) is 58.2 Å². The van der Waals surface area contributed by atoms with Gasteiger partial charge in [0.25, 0.3) is 0 Å². The molecule has 1 N–H and O–H groups in total. The average Bonchev–Trinajstić information content (AvgIpc) is 3.07. The van der Waals surface area contributed by atoms with Crippen molar-refractivity contribution in [2.24, 2.45) is 58.2 Å². The zero-order valence-corrected chi connectivity index (χ0v) is 22.3. The Kier molecular flexibility index (Phi) is 7.14. The second-order valence-corrected chi connectivity index (χ2v) is 13.4. The number of esters is 1. The van der Waals surface area contributed by atoms with Gasteiger partial charge >= 0.3 is 5.97 Å². The molecule has 4 aliphatic rings. The van der Waals surface area contributed by atoms with E-state index in [4.69, 9.17) is 4.74 Å². The first-order chi connectivity index (χ1) is 15.5. The molecule has 0 spiro atoms. The van der Waals surface area contributed by atoms with Crippen molar-refractivity contribution in [1.29, 1.82) is 0 Å². The number of aliphatic hydroxyl groups is 1. The summed E-state index contributed by atoms with van der Waals surface area (Å²) >= 11 is 0. The van der Waals surface area contributed by atoms with Crippen LogP contribution in [0.15, 0.2) is 12.2 Å². The second kappa shape index (κ2) is 9.32. The summed E-state index contributed by atoms with van der Waals surface area (Å²) in [6, 6.07) is 0. The molecule has 0 bridgehead atoms. The summed E-state index contributed by atoms with van der Waals surface area (Å²) < 4.78 is 5.62. The normalized spacial score (nSPS) is 47.0. The third-order valence-electron chi connectivity index (χ3n) is 11.4. The molecule has 11 atom stereocenters. The molecule has 4 saturated carbocycles. The molecule has 0 aromatic heterocycles. The van der Waals surface area contributed by atoms with Gasteiger partial charge in [-0.1, -0.05) is 53.7 Å². The minimum Gasteiger partial charge on any atom is -0.463 e. The van der Waals surface area contributed by atoms with Gasteiger partial charge in [0.2, 0.25) is 0 Å². The monoisotopic (exact) mass is 458 g/mol. The lowest BCUT2D eigenvalue weighted by molar-refractivity contribution is -0.185. The van der Waals surface area contributed by atoms with E-state index in [1.54, 1.807) is 0 Å². The number of hydrogen-bond donors (Lipinski definition) is 1. The minimum atomic E-state index is -0.194. The Hall–Kier alpha value is -0.830. The molecule has 0 saturated heterocycles. The largest absolute Gasteiger partial charge is 0.463 e. The van der Waals surface area contributed by atoms with Gasteiger partial charge in [-0.25, -0.2) is 0 Å². The smallest absolute Gasteiger partial charge is 0.302 e. The van der Waals surface area contributed by atoms with E-state index >= 15 is 0 Å². The lowest BCUT2D eigenvalue weighted by atomic mass is 9.43. The zero-order chi connectivity index (χ0) is 24.1. The van der Waals surface area contributed by atoms with Crippen molar-refractivity contribution >= 4 is 5.97 Å². The Morgan fingerprint density at radius 3 is 2.39 bits per heavy atom. The van der Waals surface area contributed by atoms with Gasteiger partial charge in [0.05, 0.1) is 6.10 Å². The van der Waals surface area contributed by atoms with Crippen LogP contribution in [0.25, 0.3) is 0 Å². The van der Waals surface area contributed by atoms with E-state index in [0.29, 0.717) is 41.4 Å². The molecule has 0 aliphatic heterocycles. The Bertz CT molecular complexity index is 743. The topological polar surface area (TPSA) is 46.5 Å². The van der Waals surface area contributed by atoms with Crippen molar-refractivity contribution < 1.29 is 14.6 Å². The highest BCUT2D eigenvalue weighted by molar-refractivity contribution is 5.66. The third-order valence-corrected chi connectivity index (χ3v) is 11.4. The number of carbonyl (C=O) groups excluding carboxylic acids is 1. The van der Waals surface area contributed by atoms with Gasteiger partial charge in [0.1, 0.15) is 6.10 Å². The number of ether oxygens (including phenoxy) is 1. The maximum absolute atomic E-state index is 11.7. The highest BCUT2D eigenvalue weighted by Crippen LogP contribution is 2.68. The molecule has 3 nitrogen and oxygen atoms in total. The zero-order valence-electron chi connectivity index (χ0n) is 22.3. The van der Waals surface area contributed by atoms with Crippen LogP contribution in [0.3, 0.4) is 0 Å². The third kappa shape index (κ3) is 4.45. The van der Waals surface area contributed by atoms with Crippen molar-refractivity contribution in [1.82, 2.24) is 0 Å². The van der Waals surface area contributed by atoms with Crippen LogP contribution in [-0.4, -0.2) is 23.3 Å². The van der Waals surface area contributed by atoms with E-state index in [1.165, 1.54) is 32.6 Å². The number of hydrogen-bond acceptors (Lipinski definition) is 3. The summed E-state index contributed by atoms with van der Waals surface area (Å²) in [5, 5.41) is 11.7. The standard InChI is InChI=1S/C30H50O3/c1-18(2)19(3)8-9-20(4)25-12-13-26-24-11-10-22-16-23(33-21(5)31)14-15-29(22,6)28(24)27(32)17-30(25,26)7/h8-9,18-20,22-28,32H,10-17H2,1-7H3/b9-8+/t19-,20+,22-,23?,24?,25?,26?,27?,28?,29?,30?/m0/s1. The molecule has 33 heavy (non-hydrogen) atoms. The lowest BCUT2D eigenvalue weighted by Crippen LogP contribution is -2.59. The first-order valence-electron chi connectivity index (χ1n) is 14.0. The molecule has 4 aliphatic carbocycles. The van der Waals surface area contributed by atoms with Crippen LogP contribution >= 0.6 is 0 Å². The van der Waals surface area contributed by atoms with Crippen molar-refractivity contribution in [2.45, 2.75) is 112 Å². The predicted octanol–water partition coefficient (Wildman–Crippen LogP) is 7.03. The summed E-state index contributed by atoms with van der Waals surface area (Å²) in [5.41, 5.74) is 0.445. The molecule has 3 heteroatoms. The first-order valence-corrected chi connectivity index (χ1v) is 14.0. The van der Waals surface area contributed by atoms with Crippen LogP contribution in [-0.2, 0) is 9.53 Å². The van der Waals surface area contributed by atoms with Gasteiger partial charge in [-0.2, -0.15) is 0 Å². The van der Waals surface area contributed by atoms with Gasteiger partial charge in [0, 0.05) is 6.92 Å². The molecular weight excluding hydrogens is 408 g/mol. The van der Waals surface area contributed by atoms with Crippen molar-refractivity contribution in [3.63, 3.8) is 0 Å². The molecular formula is C30H50O3. The van der Waals surface area contributed by atoms with Crippen molar-refractivity contribution in [2.75, 3.05) is 0 Å². The fourth-order valence-electron chi connectivity index (χ4n) is 9.29. The van der Waals surface area contributed by atoms with Gasteiger partial charge in [-0.3, -0.25) is 4.79 Å². The van der Waals surface area contributed by atoms with Crippen LogP contribution in [0.1, 0.15) is 99.8 Å². The van der Waals surface area contributed by atoms with E-state index in [2.05, 4.69) is 53.7 Å². The van der Waals surface area contributed by atoms with E-state index in [0.717, 1.165) is 31.6 Å². The molecule has 0 radical (unpaired) electrons. The van der Waals surface area contributed by atoms with Crippen LogP contribution < -0.4 is 0 Å². The van der Waals surface area contributed by atoms with E-state index < -0.39 is 0 Å². The highest BCUT2D eigenvalue weighted by atomic mass is 16.5. The van der Waals surface area contributed by atoms with Gasteiger partial charge in [-0.15, -0.1) is 0 Å². The van der Waals surface area contributed by atoms with E-state index in [1.807, 2.05) is 0 Å². The summed E-state index contributed by atoms with van der Waals surface area (Å²) in [6.45, 7) is 15.9. The first kappa shape index (κ1) is 25.3. The molecule has 4 rings (SSSR count). The molecule has 0 aromatic rings. The van der Waals surface area contributed by atoms with Crippen LogP contribution in [0.2, 0.25) is 0 Å². The number of aliphatic hydroxyl groups excluding tert-OH is 1. The Balaban J connectivity index is 1.51. The SMILES string of the molecule is CC(=O)OC1CCC2(C)C3C(O)CC4(C)C(CCC4[C@H](C)/C=C/[C@H](C)C(C)C)C3CC[C@H]2C1. The number of carbonyl (C=O) groups is 1. The quantitative estimate of drug-likeness (QED) is 0.355. The number of fused-ring (bicyclic) bond motifs is 5. The maximum atomic E-state index is 11.7. The van der Waals surface area contributed by atoms with E-state index in [-0.39, 0.29) is 29.0 Å². The molecule has 0 aromatic carbocycles. The van der Waals surface area contributed by atoms with Gasteiger partial charge in [0.15, 0.2) is 0 Å². The molecule has 0 heterocycles. The Morgan fingerprint density at radius 1 is 1.00 bits per heavy atom. The van der Waals surface area contributed by atoms with Crippen molar-refractivity contribution in [3.05, 3.63) is 12.2 Å². The summed E-state index contributed by atoms with van der Waals surface area (Å²) in [6.07, 6.45) is 14.0. The van der Waals surface area contributed by atoms with E-state index in [9.17, 15) is 9.90 Å². The fraction of sp³-hybridized carbons (Fsp3) is 0.900. The van der Waals surface area contributed by atoms with Crippen LogP contribution in [0.5, 0.6) is 0 Å². The summed E-state index contributed by atoms with van der Waals surface area (Å²) in [4.78, 5) is 11.5. The Labute approximate surface area is 203 Å². The molecule has 0 amide bonds. The second-order valence-electron chi connectivity index (χ2n) is 13.4.